The second-order valence-electron chi connectivity index (χ2n) is 6.41. The van der Waals surface area contributed by atoms with Crippen LogP contribution >= 0.6 is 0 Å². The molecule has 1 N–H and O–H groups in total. The van der Waals surface area contributed by atoms with Crippen LogP contribution in [0, 0.1) is 5.92 Å². The van der Waals surface area contributed by atoms with Gasteiger partial charge in [-0.3, -0.25) is 9.69 Å². The molecule has 0 aliphatic carbocycles. The van der Waals surface area contributed by atoms with Gasteiger partial charge in [-0.1, -0.05) is 30.3 Å². The van der Waals surface area contributed by atoms with Crippen molar-refractivity contribution >= 4 is 5.91 Å². The molecule has 2 atom stereocenters. The second kappa shape index (κ2) is 6.67. The minimum absolute atomic E-state index is 0.0644. The van der Waals surface area contributed by atoms with Crippen LogP contribution in [0.3, 0.4) is 0 Å². The first kappa shape index (κ1) is 15.2. The summed E-state index contributed by atoms with van der Waals surface area (Å²) in [6.45, 7) is 3.34. The van der Waals surface area contributed by atoms with E-state index in [-0.39, 0.29) is 17.9 Å². The molecule has 0 saturated carbocycles. The summed E-state index contributed by atoms with van der Waals surface area (Å²) in [6, 6.07) is 10.0. The first-order valence-electron chi connectivity index (χ1n) is 8.25. The lowest BCUT2D eigenvalue weighted by atomic mass is 10.1. The molecule has 0 spiro atoms. The zero-order valence-corrected chi connectivity index (χ0v) is 13.4. The molecule has 3 heterocycles. The molecule has 2 aliphatic heterocycles. The molecule has 1 aromatic heterocycles. The van der Waals surface area contributed by atoms with Gasteiger partial charge < -0.3 is 10.1 Å². The van der Waals surface area contributed by atoms with Gasteiger partial charge in [0.05, 0.1) is 25.2 Å². The molecule has 124 valence electrons. The summed E-state index contributed by atoms with van der Waals surface area (Å²) in [5.41, 5.74) is 2.07. The standard InChI is InChI=1S/C18H20N4O2/c23-18-15-9-22(10-16(21-18)12-24-11-15)8-13-6-19-17(20-7-13)14-4-2-1-3-5-14/h1-7,15-16H,8-12H2,(H,21,23)/t15-,16+/m1/s1. The average molecular weight is 324 g/mol. The summed E-state index contributed by atoms with van der Waals surface area (Å²) < 4.78 is 5.56. The molecule has 24 heavy (non-hydrogen) atoms. The largest absolute Gasteiger partial charge is 0.378 e. The van der Waals surface area contributed by atoms with E-state index in [9.17, 15) is 4.79 Å². The Morgan fingerprint density at radius 3 is 2.71 bits per heavy atom. The van der Waals surface area contributed by atoms with E-state index in [0.29, 0.717) is 19.8 Å². The van der Waals surface area contributed by atoms with Crippen molar-refractivity contribution in [3.8, 4) is 11.4 Å². The Morgan fingerprint density at radius 1 is 1.12 bits per heavy atom. The maximum absolute atomic E-state index is 12.1. The number of aromatic nitrogens is 2. The van der Waals surface area contributed by atoms with Crippen LogP contribution in [-0.4, -0.2) is 53.1 Å². The Hall–Kier alpha value is -2.31. The maximum Gasteiger partial charge on any atom is 0.227 e. The lowest BCUT2D eigenvalue weighted by Crippen LogP contribution is -2.41. The number of rotatable bonds is 3. The van der Waals surface area contributed by atoms with Crippen LogP contribution in [0.15, 0.2) is 42.7 Å². The molecule has 4 rings (SSSR count). The molecule has 1 amide bonds. The third-order valence-corrected chi connectivity index (χ3v) is 4.46. The van der Waals surface area contributed by atoms with Crippen LogP contribution in [0.25, 0.3) is 11.4 Å². The Kier molecular flexibility index (Phi) is 4.23. The molecular weight excluding hydrogens is 304 g/mol. The van der Waals surface area contributed by atoms with Gasteiger partial charge in [-0.15, -0.1) is 0 Å². The zero-order chi connectivity index (χ0) is 16.4. The topological polar surface area (TPSA) is 67.3 Å². The molecule has 1 aromatic carbocycles. The number of hydrogen-bond donors (Lipinski definition) is 1. The van der Waals surface area contributed by atoms with Gasteiger partial charge in [0.25, 0.3) is 0 Å². The third kappa shape index (κ3) is 3.29. The van der Waals surface area contributed by atoms with Crippen molar-refractivity contribution < 1.29 is 9.53 Å². The van der Waals surface area contributed by atoms with Gasteiger partial charge in [-0.2, -0.15) is 0 Å². The number of nitrogens with zero attached hydrogens (tertiary/aromatic N) is 3. The molecule has 2 bridgehead atoms. The lowest BCUT2D eigenvalue weighted by molar-refractivity contribution is -0.125. The number of nitrogens with one attached hydrogen (secondary N) is 1. The summed E-state index contributed by atoms with van der Waals surface area (Å²) in [6.07, 6.45) is 3.75. The Morgan fingerprint density at radius 2 is 1.92 bits per heavy atom. The summed E-state index contributed by atoms with van der Waals surface area (Å²) in [5, 5.41) is 3.05. The number of amides is 1. The average Bonchev–Trinajstić information content (AvgIpc) is 2.85. The monoisotopic (exact) mass is 324 g/mol. The number of fused-ring (bicyclic) bond motifs is 3. The molecule has 6 nitrogen and oxygen atoms in total. The third-order valence-electron chi connectivity index (χ3n) is 4.46. The van der Waals surface area contributed by atoms with Crippen molar-refractivity contribution in [3.05, 3.63) is 48.3 Å². The summed E-state index contributed by atoms with van der Waals surface area (Å²) in [4.78, 5) is 23.3. The molecule has 2 aromatic rings. The van der Waals surface area contributed by atoms with Gasteiger partial charge in [-0.25, -0.2) is 9.97 Å². The van der Waals surface area contributed by atoms with Gasteiger partial charge in [0.1, 0.15) is 0 Å². The van der Waals surface area contributed by atoms with Gasteiger partial charge in [0.2, 0.25) is 5.91 Å². The van der Waals surface area contributed by atoms with E-state index in [1.165, 1.54) is 0 Å². The van der Waals surface area contributed by atoms with E-state index in [1.807, 2.05) is 42.7 Å². The van der Waals surface area contributed by atoms with Crippen LogP contribution in [0.4, 0.5) is 0 Å². The van der Waals surface area contributed by atoms with E-state index in [1.54, 1.807) is 0 Å². The van der Waals surface area contributed by atoms with E-state index in [0.717, 1.165) is 30.0 Å². The smallest absolute Gasteiger partial charge is 0.227 e. The minimum atomic E-state index is -0.0954. The quantitative estimate of drug-likeness (QED) is 0.915. The molecular formula is C18H20N4O2. The number of carbonyl (C=O) groups is 1. The van der Waals surface area contributed by atoms with Crippen LogP contribution in [-0.2, 0) is 16.1 Å². The second-order valence-corrected chi connectivity index (χ2v) is 6.41. The highest BCUT2D eigenvalue weighted by Gasteiger charge is 2.33. The van der Waals surface area contributed by atoms with Crippen molar-refractivity contribution in [3.63, 3.8) is 0 Å². The van der Waals surface area contributed by atoms with E-state index >= 15 is 0 Å². The fraction of sp³-hybridized carbons (Fsp3) is 0.389. The maximum atomic E-state index is 12.1. The number of ether oxygens (including phenoxy) is 1. The predicted octanol–water partition coefficient (Wildman–Crippen LogP) is 1.09. The van der Waals surface area contributed by atoms with E-state index in [2.05, 4.69) is 20.2 Å². The van der Waals surface area contributed by atoms with Crippen molar-refractivity contribution in [2.75, 3.05) is 26.3 Å². The SMILES string of the molecule is O=C1N[C@@H]2COC[C@H]1CN(Cc1cnc(-c3ccccc3)nc1)C2. The highest BCUT2D eigenvalue weighted by Crippen LogP contribution is 2.17. The van der Waals surface area contributed by atoms with E-state index in [4.69, 9.17) is 4.74 Å². The van der Waals surface area contributed by atoms with Crippen LogP contribution in [0.1, 0.15) is 5.56 Å². The van der Waals surface area contributed by atoms with Gasteiger partial charge in [0, 0.05) is 43.2 Å². The highest BCUT2D eigenvalue weighted by atomic mass is 16.5. The predicted molar refractivity (Wildman–Crippen MR) is 89.0 cm³/mol. The summed E-state index contributed by atoms with van der Waals surface area (Å²) in [5.74, 6) is 0.745. The molecule has 0 unspecified atom stereocenters. The molecule has 0 radical (unpaired) electrons. The lowest BCUT2D eigenvalue weighted by Gasteiger charge is -2.27. The van der Waals surface area contributed by atoms with Crippen LogP contribution in [0.5, 0.6) is 0 Å². The van der Waals surface area contributed by atoms with Gasteiger partial charge in [-0.05, 0) is 0 Å². The summed E-state index contributed by atoms with van der Waals surface area (Å²) >= 11 is 0. The zero-order valence-electron chi connectivity index (χ0n) is 13.4. The summed E-state index contributed by atoms with van der Waals surface area (Å²) in [7, 11) is 0. The number of benzene rings is 1. The van der Waals surface area contributed by atoms with Crippen LogP contribution in [0.2, 0.25) is 0 Å². The first-order valence-corrected chi connectivity index (χ1v) is 8.25. The van der Waals surface area contributed by atoms with Crippen molar-refractivity contribution in [1.82, 2.24) is 20.2 Å². The van der Waals surface area contributed by atoms with Crippen molar-refractivity contribution in [2.45, 2.75) is 12.6 Å². The normalized spacial score (nSPS) is 24.2. The molecule has 6 heteroatoms. The fourth-order valence-electron chi connectivity index (χ4n) is 3.28. The number of carbonyl (C=O) groups excluding carboxylic acids is 1. The molecule has 2 saturated heterocycles. The molecule has 2 aliphatic rings. The van der Waals surface area contributed by atoms with E-state index < -0.39 is 0 Å². The fourth-order valence-corrected chi connectivity index (χ4v) is 3.28. The number of hydrogen-bond acceptors (Lipinski definition) is 5. The Balaban J connectivity index is 1.46. The van der Waals surface area contributed by atoms with Crippen LogP contribution < -0.4 is 5.32 Å². The molecule has 2 fully saturated rings. The van der Waals surface area contributed by atoms with Crippen molar-refractivity contribution in [2.24, 2.45) is 5.92 Å². The van der Waals surface area contributed by atoms with Crippen molar-refractivity contribution in [1.29, 1.82) is 0 Å². The highest BCUT2D eigenvalue weighted by molar-refractivity contribution is 5.79. The van der Waals surface area contributed by atoms with Gasteiger partial charge in [0.15, 0.2) is 5.82 Å². The first-order chi connectivity index (χ1) is 11.8. The van der Waals surface area contributed by atoms with Gasteiger partial charge >= 0.3 is 0 Å². The Bertz CT molecular complexity index is 705. The minimum Gasteiger partial charge on any atom is -0.378 e. The Labute approximate surface area is 140 Å².